The molecule has 0 saturated heterocycles. The highest BCUT2D eigenvalue weighted by atomic mass is 16.3. The predicted octanol–water partition coefficient (Wildman–Crippen LogP) is 2.76. The van der Waals surface area contributed by atoms with E-state index >= 15 is 0 Å². The minimum Gasteiger partial charge on any atom is -0.389 e. The standard InChI is InChI=1S/C17H25N3O/c1-16(2)6-8-17(21,9-7-16)13-18-11-14-12-20-10-4-3-5-15(20)19-14/h3-5,10,12,18,21H,6-9,11,13H2,1-2H3. The van der Waals surface area contributed by atoms with Gasteiger partial charge in [0.2, 0.25) is 0 Å². The number of aromatic nitrogens is 2. The summed E-state index contributed by atoms with van der Waals surface area (Å²) in [6, 6.07) is 5.99. The number of nitrogens with zero attached hydrogens (tertiary/aromatic N) is 2. The summed E-state index contributed by atoms with van der Waals surface area (Å²) in [5.74, 6) is 0. The molecule has 1 aliphatic carbocycles. The van der Waals surface area contributed by atoms with Gasteiger partial charge in [0.1, 0.15) is 5.65 Å². The van der Waals surface area contributed by atoms with Gasteiger partial charge in [-0.1, -0.05) is 19.9 Å². The Morgan fingerprint density at radius 1 is 1.24 bits per heavy atom. The van der Waals surface area contributed by atoms with Crippen LogP contribution in [0.2, 0.25) is 0 Å². The lowest BCUT2D eigenvalue weighted by molar-refractivity contribution is -0.0245. The Balaban J connectivity index is 1.54. The molecule has 0 radical (unpaired) electrons. The van der Waals surface area contributed by atoms with E-state index in [0.29, 0.717) is 18.5 Å². The van der Waals surface area contributed by atoms with Gasteiger partial charge < -0.3 is 14.8 Å². The third-order valence-corrected chi connectivity index (χ3v) is 4.71. The van der Waals surface area contributed by atoms with Crippen LogP contribution in [0.3, 0.4) is 0 Å². The molecule has 2 aromatic rings. The Morgan fingerprint density at radius 2 is 2.00 bits per heavy atom. The van der Waals surface area contributed by atoms with Gasteiger partial charge in [0.25, 0.3) is 0 Å². The highest BCUT2D eigenvalue weighted by Crippen LogP contribution is 2.39. The summed E-state index contributed by atoms with van der Waals surface area (Å²) in [5, 5.41) is 14.0. The van der Waals surface area contributed by atoms with Crippen LogP contribution in [0, 0.1) is 5.41 Å². The molecule has 0 unspecified atom stereocenters. The summed E-state index contributed by atoms with van der Waals surface area (Å²) in [6.45, 7) is 5.93. The summed E-state index contributed by atoms with van der Waals surface area (Å²) in [6.07, 6.45) is 8.01. The fourth-order valence-corrected chi connectivity index (χ4v) is 3.06. The highest BCUT2D eigenvalue weighted by molar-refractivity contribution is 5.39. The molecule has 21 heavy (non-hydrogen) atoms. The Hall–Kier alpha value is -1.39. The largest absolute Gasteiger partial charge is 0.389 e. The van der Waals surface area contributed by atoms with Crippen LogP contribution >= 0.6 is 0 Å². The molecule has 0 bridgehead atoms. The molecule has 114 valence electrons. The van der Waals surface area contributed by atoms with E-state index in [1.807, 2.05) is 35.0 Å². The molecule has 1 saturated carbocycles. The molecule has 0 atom stereocenters. The van der Waals surface area contributed by atoms with Crippen molar-refractivity contribution in [3.8, 4) is 0 Å². The van der Waals surface area contributed by atoms with Gasteiger partial charge in [0.15, 0.2) is 0 Å². The minimum absolute atomic E-state index is 0.383. The van der Waals surface area contributed by atoms with Crippen LogP contribution in [0.1, 0.15) is 45.2 Å². The second-order valence-corrected chi connectivity index (χ2v) is 7.19. The molecule has 2 heterocycles. The Kier molecular flexibility index (Phi) is 3.76. The Morgan fingerprint density at radius 3 is 2.71 bits per heavy atom. The van der Waals surface area contributed by atoms with Gasteiger partial charge in [0.05, 0.1) is 11.3 Å². The first-order chi connectivity index (χ1) is 9.96. The average molecular weight is 287 g/mol. The van der Waals surface area contributed by atoms with E-state index in [1.165, 1.54) is 0 Å². The molecule has 2 N–H and O–H groups in total. The second kappa shape index (κ2) is 5.43. The molecular weight excluding hydrogens is 262 g/mol. The van der Waals surface area contributed by atoms with Crippen LogP contribution in [0.4, 0.5) is 0 Å². The van der Waals surface area contributed by atoms with Crippen molar-refractivity contribution in [1.82, 2.24) is 14.7 Å². The maximum atomic E-state index is 10.6. The van der Waals surface area contributed by atoms with Crippen LogP contribution in [-0.4, -0.2) is 26.6 Å². The van der Waals surface area contributed by atoms with Crippen molar-refractivity contribution in [2.75, 3.05) is 6.54 Å². The molecule has 4 heteroatoms. The normalized spacial score (nSPS) is 20.7. The summed E-state index contributed by atoms with van der Waals surface area (Å²) in [5.41, 5.74) is 1.82. The zero-order chi connectivity index (χ0) is 14.9. The van der Waals surface area contributed by atoms with E-state index in [9.17, 15) is 5.11 Å². The van der Waals surface area contributed by atoms with Crippen molar-refractivity contribution in [2.24, 2.45) is 5.41 Å². The SMILES string of the molecule is CC1(C)CCC(O)(CNCc2cn3ccccc3n2)CC1. The van der Waals surface area contributed by atoms with Crippen LogP contribution in [0.25, 0.3) is 5.65 Å². The first-order valence-corrected chi connectivity index (χ1v) is 7.82. The molecule has 2 aromatic heterocycles. The summed E-state index contributed by atoms with van der Waals surface area (Å²) < 4.78 is 2.02. The van der Waals surface area contributed by atoms with Crippen molar-refractivity contribution < 1.29 is 5.11 Å². The number of fused-ring (bicyclic) bond motifs is 1. The molecule has 4 nitrogen and oxygen atoms in total. The number of pyridine rings is 1. The van der Waals surface area contributed by atoms with Crippen molar-refractivity contribution in [1.29, 1.82) is 0 Å². The lowest BCUT2D eigenvalue weighted by atomic mass is 9.71. The van der Waals surface area contributed by atoms with Gasteiger partial charge in [-0.05, 0) is 43.2 Å². The van der Waals surface area contributed by atoms with Crippen molar-refractivity contribution in [3.05, 3.63) is 36.3 Å². The van der Waals surface area contributed by atoms with Gasteiger partial charge in [-0.25, -0.2) is 4.98 Å². The van der Waals surface area contributed by atoms with E-state index in [-0.39, 0.29) is 0 Å². The molecule has 3 rings (SSSR count). The molecule has 1 fully saturated rings. The number of hydrogen-bond acceptors (Lipinski definition) is 3. The zero-order valence-electron chi connectivity index (χ0n) is 13.0. The lowest BCUT2D eigenvalue weighted by Gasteiger charge is -2.40. The summed E-state index contributed by atoms with van der Waals surface area (Å²) >= 11 is 0. The maximum absolute atomic E-state index is 10.6. The lowest BCUT2D eigenvalue weighted by Crippen LogP contribution is -2.44. The molecule has 0 aliphatic heterocycles. The second-order valence-electron chi connectivity index (χ2n) is 7.19. The monoisotopic (exact) mass is 287 g/mol. The molecular formula is C17H25N3O. The quantitative estimate of drug-likeness (QED) is 0.909. The smallest absolute Gasteiger partial charge is 0.137 e. The van der Waals surface area contributed by atoms with E-state index in [1.54, 1.807) is 0 Å². The third-order valence-electron chi connectivity index (χ3n) is 4.71. The average Bonchev–Trinajstić information content (AvgIpc) is 2.85. The van der Waals surface area contributed by atoms with E-state index < -0.39 is 5.60 Å². The topological polar surface area (TPSA) is 49.6 Å². The van der Waals surface area contributed by atoms with Gasteiger partial charge in [-0.3, -0.25) is 0 Å². The van der Waals surface area contributed by atoms with Crippen LogP contribution in [-0.2, 0) is 6.54 Å². The molecule has 0 spiro atoms. The molecule has 1 aliphatic rings. The number of rotatable bonds is 4. The van der Waals surface area contributed by atoms with Gasteiger partial charge in [-0.15, -0.1) is 0 Å². The number of aliphatic hydroxyl groups is 1. The maximum Gasteiger partial charge on any atom is 0.137 e. The fourth-order valence-electron chi connectivity index (χ4n) is 3.06. The molecule has 0 aromatic carbocycles. The van der Waals surface area contributed by atoms with Gasteiger partial charge in [0, 0.05) is 25.5 Å². The number of imidazole rings is 1. The first kappa shape index (κ1) is 14.5. The first-order valence-electron chi connectivity index (χ1n) is 7.82. The Labute approximate surface area is 126 Å². The van der Waals surface area contributed by atoms with Crippen molar-refractivity contribution in [3.63, 3.8) is 0 Å². The summed E-state index contributed by atoms with van der Waals surface area (Å²) in [7, 11) is 0. The van der Waals surface area contributed by atoms with Crippen molar-refractivity contribution >= 4 is 5.65 Å². The highest BCUT2D eigenvalue weighted by Gasteiger charge is 2.36. The fraction of sp³-hybridized carbons (Fsp3) is 0.588. The van der Waals surface area contributed by atoms with Crippen LogP contribution < -0.4 is 5.32 Å². The number of hydrogen-bond donors (Lipinski definition) is 2. The Bertz CT molecular complexity index is 574. The molecule has 0 amide bonds. The van der Waals surface area contributed by atoms with Crippen molar-refractivity contribution in [2.45, 2.75) is 51.7 Å². The van der Waals surface area contributed by atoms with Gasteiger partial charge in [-0.2, -0.15) is 0 Å². The number of nitrogens with one attached hydrogen (secondary N) is 1. The summed E-state index contributed by atoms with van der Waals surface area (Å²) in [4.78, 5) is 4.56. The predicted molar refractivity (Wildman–Crippen MR) is 84.1 cm³/mol. The van der Waals surface area contributed by atoms with Crippen LogP contribution in [0.5, 0.6) is 0 Å². The van der Waals surface area contributed by atoms with E-state index in [0.717, 1.165) is 37.0 Å². The zero-order valence-corrected chi connectivity index (χ0v) is 13.0. The van der Waals surface area contributed by atoms with Gasteiger partial charge >= 0.3 is 0 Å². The van der Waals surface area contributed by atoms with Crippen LogP contribution in [0.15, 0.2) is 30.6 Å². The third kappa shape index (κ3) is 3.44. The van der Waals surface area contributed by atoms with E-state index in [2.05, 4.69) is 24.1 Å². The van der Waals surface area contributed by atoms with E-state index in [4.69, 9.17) is 0 Å². The minimum atomic E-state index is -0.547.